The minimum atomic E-state index is -0.996. The minimum Gasteiger partial charge on any atom is -0.451 e. The Labute approximate surface area is 169 Å². The highest BCUT2D eigenvalue weighted by atomic mass is 35.5. The van der Waals surface area contributed by atoms with Crippen LogP contribution in [0.1, 0.15) is 35.3 Å². The molecule has 0 aliphatic heterocycles. The van der Waals surface area contributed by atoms with E-state index in [0.29, 0.717) is 10.6 Å². The highest BCUT2D eigenvalue weighted by Gasteiger charge is 2.20. The maximum Gasteiger partial charge on any atom is 0.326 e. The van der Waals surface area contributed by atoms with E-state index in [0.717, 1.165) is 23.2 Å². The highest BCUT2D eigenvalue weighted by molar-refractivity contribution is 6.30. The first kappa shape index (κ1) is 21.4. The van der Waals surface area contributed by atoms with Crippen LogP contribution in [-0.2, 0) is 20.7 Å². The number of hydrogen-bond donors (Lipinski definition) is 2. The number of carbonyl (C=O) groups is 3. The van der Waals surface area contributed by atoms with Crippen LogP contribution in [-0.4, -0.2) is 30.4 Å². The fourth-order valence-corrected chi connectivity index (χ4v) is 2.70. The summed E-state index contributed by atoms with van der Waals surface area (Å²) >= 11 is 5.77. The van der Waals surface area contributed by atoms with Gasteiger partial charge in [-0.2, -0.15) is 0 Å². The summed E-state index contributed by atoms with van der Waals surface area (Å²) in [7, 11) is 0. The zero-order chi connectivity index (χ0) is 20.7. The van der Waals surface area contributed by atoms with Crippen LogP contribution in [0.25, 0.3) is 0 Å². The first-order valence-electron chi connectivity index (χ1n) is 8.94. The van der Waals surface area contributed by atoms with Gasteiger partial charge in [0.25, 0.3) is 11.8 Å². The van der Waals surface area contributed by atoms with E-state index in [4.69, 9.17) is 16.3 Å². The Morgan fingerprint density at radius 3 is 2.43 bits per heavy atom. The zero-order valence-electron chi connectivity index (χ0n) is 16.0. The maximum absolute atomic E-state index is 12.4. The SMILES string of the molecule is CCc1cccc(C)c1NC(=O)[C@@H](C)OC(=O)CNC(=O)c1ccc(Cl)cc1. The van der Waals surface area contributed by atoms with Gasteiger partial charge < -0.3 is 15.4 Å². The molecule has 0 saturated heterocycles. The molecule has 1 atom stereocenters. The molecular weight excluding hydrogens is 380 g/mol. The Morgan fingerprint density at radius 2 is 1.79 bits per heavy atom. The lowest BCUT2D eigenvalue weighted by Crippen LogP contribution is -2.36. The third-order valence-electron chi connectivity index (χ3n) is 4.17. The Kier molecular flexibility index (Phi) is 7.58. The van der Waals surface area contributed by atoms with Crippen molar-refractivity contribution in [1.82, 2.24) is 5.32 Å². The van der Waals surface area contributed by atoms with Crippen LogP contribution in [0.5, 0.6) is 0 Å². The number of nitrogens with one attached hydrogen (secondary N) is 2. The third kappa shape index (κ3) is 5.82. The first-order chi connectivity index (χ1) is 13.3. The average Bonchev–Trinajstić information content (AvgIpc) is 2.68. The van der Waals surface area contributed by atoms with Crippen molar-refractivity contribution in [2.45, 2.75) is 33.3 Å². The van der Waals surface area contributed by atoms with Crippen molar-refractivity contribution in [1.29, 1.82) is 0 Å². The molecule has 6 nitrogen and oxygen atoms in total. The molecule has 2 amide bonds. The lowest BCUT2D eigenvalue weighted by molar-refractivity contribution is -0.152. The van der Waals surface area contributed by atoms with Gasteiger partial charge in [0.1, 0.15) is 6.54 Å². The number of carbonyl (C=O) groups excluding carboxylic acids is 3. The summed E-state index contributed by atoms with van der Waals surface area (Å²) in [4.78, 5) is 36.3. The Hall–Kier alpha value is -2.86. The second-order valence-corrected chi connectivity index (χ2v) is 6.71. The standard InChI is InChI=1S/C21H23ClN2O4/c1-4-15-7-5-6-13(2)19(15)24-20(26)14(3)28-18(25)12-23-21(27)16-8-10-17(22)11-9-16/h5-11,14H,4,12H2,1-3H3,(H,23,27)(H,24,26)/t14-/m1/s1. The van der Waals surface area contributed by atoms with Gasteiger partial charge in [0.05, 0.1) is 0 Å². The molecular formula is C21H23ClN2O4. The molecule has 2 aromatic rings. The second kappa shape index (κ2) is 9.90. The molecule has 148 valence electrons. The third-order valence-corrected chi connectivity index (χ3v) is 4.42. The predicted molar refractivity (Wildman–Crippen MR) is 109 cm³/mol. The van der Waals surface area contributed by atoms with Gasteiger partial charge in [0.15, 0.2) is 6.10 Å². The number of aryl methyl sites for hydroxylation is 2. The number of amides is 2. The predicted octanol–water partition coefficient (Wildman–Crippen LogP) is 3.51. The normalized spacial score (nSPS) is 11.4. The van der Waals surface area contributed by atoms with Crippen LogP contribution in [0.4, 0.5) is 5.69 Å². The van der Waals surface area contributed by atoms with Crippen LogP contribution in [0.15, 0.2) is 42.5 Å². The lowest BCUT2D eigenvalue weighted by Gasteiger charge is -2.17. The van der Waals surface area contributed by atoms with Gasteiger partial charge in [-0.1, -0.05) is 36.7 Å². The van der Waals surface area contributed by atoms with E-state index < -0.39 is 23.9 Å². The number of hydrogen-bond acceptors (Lipinski definition) is 4. The number of halogens is 1. The van der Waals surface area contributed by atoms with Crippen molar-refractivity contribution in [3.05, 3.63) is 64.2 Å². The van der Waals surface area contributed by atoms with Crippen LogP contribution < -0.4 is 10.6 Å². The Bertz CT molecular complexity index is 865. The number of rotatable bonds is 7. The van der Waals surface area contributed by atoms with Gasteiger partial charge >= 0.3 is 5.97 Å². The molecule has 2 N–H and O–H groups in total. The lowest BCUT2D eigenvalue weighted by atomic mass is 10.1. The number of anilines is 1. The second-order valence-electron chi connectivity index (χ2n) is 6.27. The van der Waals surface area contributed by atoms with Crippen LogP contribution in [0.2, 0.25) is 5.02 Å². The monoisotopic (exact) mass is 402 g/mol. The Balaban J connectivity index is 1.87. The molecule has 0 aromatic heterocycles. The van der Waals surface area contributed by atoms with Crippen molar-refractivity contribution in [3.63, 3.8) is 0 Å². The summed E-state index contributed by atoms with van der Waals surface area (Å²) in [5.41, 5.74) is 3.03. The van der Waals surface area contributed by atoms with Gasteiger partial charge in [-0.05, 0) is 55.7 Å². The molecule has 0 unspecified atom stereocenters. The molecule has 7 heteroatoms. The molecule has 0 spiro atoms. The molecule has 2 rings (SSSR count). The van der Waals surface area contributed by atoms with E-state index in [1.165, 1.54) is 6.92 Å². The smallest absolute Gasteiger partial charge is 0.326 e. The van der Waals surface area contributed by atoms with Crippen molar-refractivity contribution >= 4 is 35.1 Å². The average molecular weight is 403 g/mol. The molecule has 28 heavy (non-hydrogen) atoms. The van der Waals surface area contributed by atoms with Gasteiger partial charge in [-0.15, -0.1) is 0 Å². The minimum absolute atomic E-state index is 0.344. The summed E-state index contributed by atoms with van der Waals surface area (Å²) in [6.45, 7) is 5.04. The van der Waals surface area contributed by atoms with Gasteiger partial charge in [0.2, 0.25) is 0 Å². The van der Waals surface area contributed by atoms with E-state index in [1.54, 1.807) is 24.3 Å². The van der Waals surface area contributed by atoms with E-state index in [2.05, 4.69) is 10.6 Å². The van der Waals surface area contributed by atoms with Crippen LogP contribution in [0, 0.1) is 6.92 Å². The van der Waals surface area contributed by atoms with Crippen molar-refractivity contribution in [2.75, 3.05) is 11.9 Å². The van der Waals surface area contributed by atoms with Crippen molar-refractivity contribution in [3.8, 4) is 0 Å². The van der Waals surface area contributed by atoms with Crippen LogP contribution >= 0.6 is 11.6 Å². The molecule has 0 fully saturated rings. The molecule has 0 aliphatic rings. The van der Waals surface area contributed by atoms with E-state index in [1.807, 2.05) is 32.0 Å². The Morgan fingerprint density at radius 1 is 1.11 bits per heavy atom. The largest absolute Gasteiger partial charge is 0.451 e. The molecule has 2 aromatic carbocycles. The van der Waals surface area contributed by atoms with Gasteiger partial charge in [0, 0.05) is 16.3 Å². The topological polar surface area (TPSA) is 84.5 Å². The maximum atomic E-state index is 12.4. The zero-order valence-corrected chi connectivity index (χ0v) is 16.8. The van der Waals surface area contributed by atoms with Gasteiger partial charge in [-0.25, -0.2) is 0 Å². The van der Waals surface area contributed by atoms with Gasteiger partial charge in [-0.3, -0.25) is 14.4 Å². The van der Waals surface area contributed by atoms with E-state index >= 15 is 0 Å². The first-order valence-corrected chi connectivity index (χ1v) is 9.32. The van der Waals surface area contributed by atoms with Crippen LogP contribution in [0.3, 0.4) is 0 Å². The van der Waals surface area contributed by atoms with Crippen molar-refractivity contribution < 1.29 is 19.1 Å². The summed E-state index contributed by atoms with van der Waals surface area (Å²) in [5, 5.41) is 5.78. The molecule has 0 heterocycles. The summed E-state index contributed by atoms with van der Waals surface area (Å²) in [5.74, 6) is -1.56. The number of esters is 1. The number of para-hydroxylation sites is 1. The van der Waals surface area contributed by atoms with Crippen molar-refractivity contribution in [2.24, 2.45) is 0 Å². The fourth-order valence-electron chi connectivity index (χ4n) is 2.57. The number of benzene rings is 2. The molecule has 0 radical (unpaired) electrons. The highest BCUT2D eigenvalue weighted by Crippen LogP contribution is 2.21. The molecule has 0 bridgehead atoms. The quantitative estimate of drug-likeness (QED) is 0.694. The molecule has 0 saturated carbocycles. The van der Waals surface area contributed by atoms with E-state index in [-0.39, 0.29) is 6.54 Å². The molecule has 0 aliphatic carbocycles. The van der Waals surface area contributed by atoms with E-state index in [9.17, 15) is 14.4 Å². The fraction of sp³-hybridized carbons (Fsp3) is 0.286. The summed E-state index contributed by atoms with van der Waals surface area (Å²) in [6.07, 6.45) is -0.230. The summed E-state index contributed by atoms with van der Waals surface area (Å²) in [6, 6.07) is 12.0. The summed E-state index contributed by atoms with van der Waals surface area (Å²) < 4.78 is 5.12. The number of ether oxygens (including phenoxy) is 1.